The molecule has 0 spiro atoms. The first-order valence-electron chi connectivity index (χ1n) is 7.53. The number of furan rings is 1. The third-order valence-electron chi connectivity index (χ3n) is 3.71. The van der Waals surface area contributed by atoms with E-state index in [1.807, 2.05) is 6.07 Å². The van der Waals surface area contributed by atoms with Crippen molar-refractivity contribution in [3.8, 4) is 11.8 Å². The number of nitriles is 1. The molecule has 0 bridgehead atoms. The van der Waals surface area contributed by atoms with E-state index in [1.165, 1.54) is 7.11 Å². The van der Waals surface area contributed by atoms with E-state index in [-0.39, 0.29) is 12.4 Å². The van der Waals surface area contributed by atoms with E-state index in [1.54, 1.807) is 48.5 Å². The Morgan fingerprint density at radius 1 is 1.24 bits per heavy atom. The number of rotatable bonds is 5. The number of nitrogens with zero attached hydrogens (tertiary/aromatic N) is 1. The fourth-order valence-corrected chi connectivity index (χ4v) is 2.35. The quantitative estimate of drug-likeness (QED) is 0.719. The zero-order valence-electron chi connectivity index (χ0n) is 13.4. The van der Waals surface area contributed by atoms with Gasteiger partial charge in [0.2, 0.25) is 5.76 Å². The van der Waals surface area contributed by atoms with Gasteiger partial charge in [0, 0.05) is 11.5 Å². The van der Waals surface area contributed by atoms with E-state index < -0.39 is 12.1 Å². The second-order valence-electron chi connectivity index (χ2n) is 5.36. The topological polar surface area (TPSA) is 92.7 Å². The highest BCUT2D eigenvalue weighted by atomic mass is 16.5. The lowest BCUT2D eigenvalue weighted by atomic mass is 10.1. The number of ether oxygens (including phenoxy) is 2. The van der Waals surface area contributed by atoms with Crippen LogP contribution in [-0.2, 0) is 4.74 Å². The molecule has 3 aromatic rings. The summed E-state index contributed by atoms with van der Waals surface area (Å²) >= 11 is 0. The SMILES string of the molecule is COC(=O)c1cc2ccc(OCC(O)c3ccc(C#N)cc3)cc2o1. The van der Waals surface area contributed by atoms with Gasteiger partial charge in [0.25, 0.3) is 0 Å². The minimum atomic E-state index is -0.828. The number of aliphatic hydroxyl groups excluding tert-OH is 1. The van der Waals surface area contributed by atoms with E-state index in [0.717, 1.165) is 5.39 Å². The van der Waals surface area contributed by atoms with Crippen LogP contribution in [0.3, 0.4) is 0 Å². The Kier molecular flexibility index (Phi) is 4.68. The Morgan fingerprint density at radius 2 is 2.00 bits per heavy atom. The first kappa shape index (κ1) is 16.6. The summed E-state index contributed by atoms with van der Waals surface area (Å²) in [6.45, 7) is 0.0436. The Bertz CT molecular complexity index is 937. The van der Waals surface area contributed by atoms with Gasteiger partial charge in [-0.15, -0.1) is 0 Å². The predicted molar refractivity (Wildman–Crippen MR) is 89.2 cm³/mol. The summed E-state index contributed by atoms with van der Waals surface area (Å²) in [5, 5.41) is 19.7. The molecule has 25 heavy (non-hydrogen) atoms. The monoisotopic (exact) mass is 337 g/mol. The average Bonchev–Trinajstić information content (AvgIpc) is 3.08. The van der Waals surface area contributed by atoms with Gasteiger partial charge in [0.1, 0.15) is 24.0 Å². The molecule has 0 fully saturated rings. The first-order valence-corrected chi connectivity index (χ1v) is 7.53. The number of hydrogen-bond acceptors (Lipinski definition) is 6. The molecule has 0 amide bonds. The van der Waals surface area contributed by atoms with E-state index in [0.29, 0.717) is 22.5 Å². The lowest BCUT2D eigenvalue weighted by molar-refractivity contribution is 0.0567. The molecule has 0 aliphatic heterocycles. The normalized spacial score (nSPS) is 11.7. The highest BCUT2D eigenvalue weighted by Crippen LogP contribution is 2.25. The van der Waals surface area contributed by atoms with Crippen molar-refractivity contribution < 1.29 is 23.8 Å². The molecule has 6 heteroatoms. The molecule has 1 unspecified atom stereocenters. The summed E-state index contributed by atoms with van der Waals surface area (Å²) in [6.07, 6.45) is -0.828. The fraction of sp³-hybridized carbons (Fsp3) is 0.158. The molecular weight excluding hydrogens is 322 g/mol. The van der Waals surface area contributed by atoms with Crippen LogP contribution in [0.2, 0.25) is 0 Å². The Labute approximate surface area is 143 Å². The molecule has 126 valence electrons. The van der Waals surface area contributed by atoms with Crippen molar-refractivity contribution in [3.63, 3.8) is 0 Å². The number of methoxy groups -OCH3 is 1. The minimum absolute atomic E-state index is 0.0436. The largest absolute Gasteiger partial charge is 0.490 e. The molecule has 0 aliphatic carbocycles. The third-order valence-corrected chi connectivity index (χ3v) is 3.71. The van der Waals surface area contributed by atoms with Crippen LogP contribution in [0.25, 0.3) is 11.0 Å². The number of carbonyl (C=O) groups excluding carboxylic acids is 1. The molecule has 0 radical (unpaired) electrons. The van der Waals surface area contributed by atoms with Gasteiger partial charge in [-0.1, -0.05) is 12.1 Å². The van der Waals surface area contributed by atoms with Crippen LogP contribution in [0.4, 0.5) is 0 Å². The van der Waals surface area contributed by atoms with Gasteiger partial charge in [-0.3, -0.25) is 0 Å². The zero-order valence-corrected chi connectivity index (χ0v) is 13.4. The molecule has 0 aliphatic rings. The minimum Gasteiger partial charge on any atom is -0.490 e. The molecule has 1 heterocycles. The predicted octanol–water partition coefficient (Wildman–Crippen LogP) is 3.20. The van der Waals surface area contributed by atoms with Crippen LogP contribution in [0.5, 0.6) is 5.75 Å². The van der Waals surface area contributed by atoms with Gasteiger partial charge < -0.3 is 19.0 Å². The summed E-state index contributed by atoms with van der Waals surface area (Å²) in [6, 6.07) is 15.4. The molecule has 0 saturated heterocycles. The lowest BCUT2D eigenvalue weighted by Gasteiger charge is -2.12. The van der Waals surface area contributed by atoms with Crippen molar-refractivity contribution >= 4 is 16.9 Å². The van der Waals surface area contributed by atoms with Crippen LogP contribution >= 0.6 is 0 Å². The maximum Gasteiger partial charge on any atom is 0.373 e. The maximum atomic E-state index is 11.5. The van der Waals surface area contributed by atoms with Crippen molar-refractivity contribution in [2.45, 2.75) is 6.10 Å². The lowest BCUT2D eigenvalue weighted by Crippen LogP contribution is -2.09. The molecule has 1 aromatic heterocycles. The third kappa shape index (κ3) is 3.62. The number of esters is 1. The van der Waals surface area contributed by atoms with Gasteiger partial charge in [-0.2, -0.15) is 5.26 Å². The number of carbonyl (C=O) groups is 1. The highest BCUT2D eigenvalue weighted by Gasteiger charge is 2.13. The molecule has 1 N–H and O–H groups in total. The maximum absolute atomic E-state index is 11.5. The Morgan fingerprint density at radius 3 is 2.68 bits per heavy atom. The number of fused-ring (bicyclic) bond motifs is 1. The Hall–Kier alpha value is -3.30. The molecule has 2 aromatic carbocycles. The molecule has 3 rings (SSSR count). The molecule has 0 saturated carbocycles. The second kappa shape index (κ2) is 7.07. The summed E-state index contributed by atoms with van der Waals surface area (Å²) in [4.78, 5) is 11.5. The highest BCUT2D eigenvalue weighted by molar-refractivity contribution is 5.92. The average molecular weight is 337 g/mol. The van der Waals surface area contributed by atoms with Gasteiger partial charge >= 0.3 is 5.97 Å². The summed E-state index contributed by atoms with van der Waals surface area (Å²) in [7, 11) is 1.29. The smallest absolute Gasteiger partial charge is 0.373 e. The van der Waals surface area contributed by atoms with Gasteiger partial charge in [0.05, 0.1) is 18.7 Å². The first-order chi connectivity index (χ1) is 12.1. The number of aliphatic hydroxyl groups is 1. The number of hydrogen-bond donors (Lipinski definition) is 1. The van der Waals surface area contributed by atoms with Crippen molar-refractivity contribution in [3.05, 3.63) is 65.4 Å². The van der Waals surface area contributed by atoms with Crippen molar-refractivity contribution in [2.75, 3.05) is 13.7 Å². The van der Waals surface area contributed by atoms with Crippen LogP contribution in [0.1, 0.15) is 27.8 Å². The fourth-order valence-electron chi connectivity index (χ4n) is 2.35. The standard InChI is InChI=1S/C19H15NO5/c1-23-19(22)18-8-14-6-7-15(9-17(14)25-18)24-11-16(21)13-4-2-12(10-20)3-5-13/h2-9,16,21H,11H2,1H3. The summed E-state index contributed by atoms with van der Waals surface area (Å²) in [5.74, 6) is 0.0770. The van der Waals surface area contributed by atoms with Gasteiger partial charge in [-0.05, 0) is 35.9 Å². The van der Waals surface area contributed by atoms with Crippen molar-refractivity contribution in [1.82, 2.24) is 0 Å². The van der Waals surface area contributed by atoms with Crippen LogP contribution in [-0.4, -0.2) is 24.8 Å². The Balaban J connectivity index is 1.69. The second-order valence-corrected chi connectivity index (χ2v) is 5.36. The molecule has 6 nitrogen and oxygen atoms in total. The van der Waals surface area contributed by atoms with Crippen LogP contribution < -0.4 is 4.74 Å². The van der Waals surface area contributed by atoms with Gasteiger partial charge in [-0.25, -0.2) is 4.79 Å². The van der Waals surface area contributed by atoms with E-state index in [9.17, 15) is 9.90 Å². The van der Waals surface area contributed by atoms with E-state index >= 15 is 0 Å². The van der Waals surface area contributed by atoms with Crippen molar-refractivity contribution in [2.24, 2.45) is 0 Å². The van der Waals surface area contributed by atoms with Crippen LogP contribution in [0, 0.1) is 11.3 Å². The van der Waals surface area contributed by atoms with Crippen LogP contribution in [0.15, 0.2) is 52.9 Å². The molecule has 1 atom stereocenters. The van der Waals surface area contributed by atoms with E-state index in [2.05, 4.69) is 4.74 Å². The zero-order chi connectivity index (χ0) is 17.8. The summed E-state index contributed by atoms with van der Waals surface area (Å²) in [5.41, 5.74) is 1.68. The molecular formula is C19H15NO5. The summed E-state index contributed by atoms with van der Waals surface area (Å²) < 4.78 is 15.6. The van der Waals surface area contributed by atoms with Gasteiger partial charge in [0.15, 0.2) is 0 Å². The number of benzene rings is 2. The van der Waals surface area contributed by atoms with E-state index in [4.69, 9.17) is 14.4 Å². The van der Waals surface area contributed by atoms with Crippen molar-refractivity contribution in [1.29, 1.82) is 5.26 Å².